The van der Waals surface area contributed by atoms with Crippen molar-refractivity contribution < 1.29 is 9.90 Å². The highest BCUT2D eigenvalue weighted by Crippen LogP contribution is 2.43. The summed E-state index contributed by atoms with van der Waals surface area (Å²) in [5.74, 6) is -0.239. The number of β-amino-alcohol motifs (C(OH)–C–C–N with tert-alkyl or cyclic N) is 1. The van der Waals surface area contributed by atoms with E-state index in [1.165, 1.54) is 0 Å². The summed E-state index contributed by atoms with van der Waals surface area (Å²) in [5, 5.41) is 13.2. The third-order valence-electron chi connectivity index (χ3n) is 4.30. The van der Waals surface area contributed by atoms with Gasteiger partial charge in [-0.25, -0.2) is 0 Å². The number of likely N-dealkylation sites (N-methyl/N-ethyl adjacent to an activating group) is 1. The van der Waals surface area contributed by atoms with Gasteiger partial charge in [-0.1, -0.05) is 6.92 Å². The smallest absolute Gasteiger partial charge is 0.237 e. The van der Waals surface area contributed by atoms with Crippen LogP contribution in [0.2, 0.25) is 0 Å². The number of nitrogens with two attached hydrogens (primary N) is 1. The third-order valence-corrected chi connectivity index (χ3v) is 4.30. The van der Waals surface area contributed by atoms with Crippen molar-refractivity contribution in [2.75, 3.05) is 19.6 Å². The summed E-state index contributed by atoms with van der Waals surface area (Å²) in [4.78, 5) is 14.0. The maximum atomic E-state index is 11.8. The molecule has 2 saturated heterocycles. The fourth-order valence-electron chi connectivity index (χ4n) is 3.32. The minimum absolute atomic E-state index is 0.239. The quantitative estimate of drug-likeness (QED) is 0.605. The topological polar surface area (TPSA) is 78.6 Å². The van der Waals surface area contributed by atoms with Crippen molar-refractivity contribution in [2.45, 2.75) is 50.3 Å². The molecule has 2 aliphatic heterocycles. The van der Waals surface area contributed by atoms with Gasteiger partial charge >= 0.3 is 0 Å². The van der Waals surface area contributed by atoms with Crippen LogP contribution in [0.4, 0.5) is 0 Å². The molecule has 0 aromatic rings. The Morgan fingerprint density at radius 2 is 2.50 bits per heavy atom. The van der Waals surface area contributed by atoms with Crippen LogP contribution in [0.5, 0.6) is 0 Å². The fraction of sp³-hybridized carbons (Fsp3) is 0.846. The van der Waals surface area contributed by atoms with Crippen molar-refractivity contribution in [3.8, 4) is 0 Å². The Kier molecular flexibility index (Phi) is 4.25. The second kappa shape index (κ2) is 5.55. The summed E-state index contributed by atoms with van der Waals surface area (Å²) in [5.41, 5.74) is 5.08. The van der Waals surface area contributed by atoms with E-state index in [-0.39, 0.29) is 5.91 Å². The first-order chi connectivity index (χ1) is 8.60. The van der Waals surface area contributed by atoms with Crippen molar-refractivity contribution in [2.24, 2.45) is 5.73 Å². The molecule has 0 aromatic heterocycles. The van der Waals surface area contributed by atoms with E-state index in [9.17, 15) is 9.90 Å². The molecule has 0 unspecified atom stereocenters. The van der Waals surface area contributed by atoms with Gasteiger partial charge in [-0.3, -0.25) is 9.69 Å². The standard InChI is InChI=1S/C13H24N3O2/c1-2-15-8-11(17)9-16-10-4-3-6-13(16,7-5-10)12(14)18/h3,10-11,15,17H,2,4-9H2,1H3,(H2,14,18)/t10-,11+,13+/m1/s1. The number of hydrogen-bond donors (Lipinski definition) is 3. The van der Waals surface area contributed by atoms with E-state index in [4.69, 9.17) is 5.73 Å². The number of hydrogen-bond acceptors (Lipinski definition) is 4. The van der Waals surface area contributed by atoms with E-state index in [2.05, 4.69) is 16.6 Å². The van der Waals surface area contributed by atoms with Crippen LogP contribution in [0.3, 0.4) is 0 Å². The molecule has 5 heteroatoms. The first-order valence-electron chi connectivity index (χ1n) is 6.87. The number of carbonyl (C=O) groups is 1. The number of carbonyl (C=O) groups excluding carboxylic acids is 1. The van der Waals surface area contributed by atoms with Crippen LogP contribution in [-0.2, 0) is 4.79 Å². The molecule has 0 spiro atoms. The number of nitrogens with zero attached hydrogens (tertiary/aromatic N) is 1. The Hall–Kier alpha value is -0.650. The second-order valence-corrected chi connectivity index (χ2v) is 5.43. The molecular weight excluding hydrogens is 230 g/mol. The number of aliphatic hydroxyl groups is 1. The molecule has 2 fully saturated rings. The molecule has 0 aromatic carbocycles. The second-order valence-electron chi connectivity index (χ2n) is 5.43. The normalized spacial score (nSPS) is 33.6. The van der Waals surface area contributed by atoms with Gasteiger partial charge in [0.05, 0.1) is 6.10 Å². The number of primary amides is 1. The van der Waals surface area contributed by atoms with Crippen molar-refractivity contribution >= 4 is 5.91 Å². The molecular formula is C13H24N3O2. The lowest BCUT2D eigenvalue weighted by molar-refractivity contribution is -0.131. The van der Waals surface area contributed by atoms with Crippen LogP contribution in [0.1, 0.15) is 32.6 Å². The molecule has 2 rings (SSSR count). The first-order valence-corrected chi connectivity index (χ1v) is 6.87. The molecule has 103 valence electrons. The highest BCUT2D eigenvalue weighted by atomic mass is 16.3. The van der Waals surface area contributed by atoms with Crippen LogP contribution in [-0.4, -0.2) is 53.2 Å². The van der Waals surface area contributed by atoms with Gasteiger partial charge in [0.2, 0.25) is 5.91 Å². The fourth-order valence-corrected chi connectivity index (χ4v) is 3.32. The molecule has 0 aliphatic carbocycles. The zero-order chi connectivity index (χ0) is 13.2. The third kappa shape index (κ3) is 2.39. The average Bonchev–Trinajstić information content (AvgIpc) is 2.56. The van der Waals surface area contributed by atoms with Gasteiger partial charge < -0.3 is 16.2 Å². The SMILES string of the molecule is CCNC[C@H](O)CN1[C@@H]2C[CH]C[C@@]1(C(N)=O)CC2. The predicted molar refractivity (Wildman–Crippen MR) is 69.7 cm³/mol. The predicted octanol–water partition coefficient (Wildman–Crippen LogP) is -0.357. The Labute approximate surface area is 109 Å². The summed E-state index contributed by atoms with van der Waals surface area (Å²) in [6.07, 6.45) is 5.30. The summed E-state index contributed by atoms with van der Waals surface area (Å²) < 4.78 is 0. The number of amides is 1. The maximum Gasteiger partial charge on any atom is 0.237 e. The van der Waals surface area contributed by atoms with Crippen molar-refractivity contribution in [3.05, 3.63) is 6.42 Å². The van der Waals surface area contributed by atoms with Crippen molar-refractivity contribution in [1.82, 2.24) is 10.2 Å². The number of nitrogens with one attached hydrogen (secondary N) is 1. The molecule has 1 amide bonds. The molecule has 4 N–H and O–H groups in total. The minimum Gasteiger partial charge on any atom is -0.390 e. The summed E-state index contributed by atoms with van der Waals surface area (Å²) in [6.45, 7) is 3.96. The van der Waals surface area contributed by atoms with Crippen molar-refractivity contribution in [1.29, 1.82) is 0 Å². The van der Waals surface area contributed by atoms with Crippen LogP contribution >= 0.6 is 0 Å². The molecule has 18 heavy (non-hydrogen) atoms. The number of rotatable bonds is 6. The van der Waals surface area contributed by atoms with Gasteiger partial charge in [0.15, 0.2) is 0 Å². The average molecular weight is 254 g/mol. The van der Waals surface area contributed by atoms with Crippen LogP contribution in [0.25, 0.3) is 0 Å². The van der Waals surface area contributed by atoms with Gasteiger partial charge in [-0.05, 0) is 38.6 Å². The first kappa shape index (κ1) is 13.8. The number of fused-ring (bicyclic) bond motifs is 2. The lowest BCUT2D eigenvalue weighted by atomic mass is 9.87. The summed E-state index contributed by atoms with van der Waals surface area (Å²) in [6, 6.07) is 0.377. The number of piperidine rings is 1. The zero-order valence-electron chi connectivity index (χ0n) is 11.1. The summed E-state index contributed by atoms with van der Waals surface area (Å²) in [7, 11) is 0. The number of aliphatic hydroxyl groups excluding tert-OH is 1. The van der Waals surface area contributed by atoms with E-state index in [0.717, 1.165) is 32.2 Å². The lowest BCUT2D eigenvalue weighted by Gasteiger charge is -2.43. The van der Waals surface area contributed by atoms with Crippen LogP contribution < -0.4 is 11.1 Å². The highest BCUT2D eigenvalue weighted by molar-refractivity contribution is 5.85. The molecule has 3 atom stereocenters. The Morgan fingerprint density at radius 1 is 1.72 bits per heavy atom. The largest absolute Gasteiger partial charge is 0.390 e. The van der Waals surface area contributed by atoms with E-state index in [1.807, 2.05) is 6.92 Å². The summed E-state index contributed by atoms with van der Waals surface area (Å²) >= 11 is 0. The lowest BCUT2D eigenvalue weighted by Crippen LogP contribution is -2.60. The van der Waals surface area contributed by atoms with E-state index >= 15 is 0 Å². The monoisotopic (exact) mass is 254 g/mol. The van der Waals surface area contributed by atoms with Gasteiger partial charge in [0.1, 0.15) is 5.54 Å². The van der Waals surface area contributed by atoms with Gasteiger partial charge in [-0.2, -0.15) is 0 Å². The Morgan fingerprint density at radius 3 is 3.17 bits per heavy atom. The zero-order valence-corrected chi connectivity index (χ0v) is 11.1. The minimum atomic E-state index is -0.532. The van der Waals surface area contributed by atoms with Gasteiger partial charge in [0, 0.05) is 19.1 Å². The Bertz CT molecular complexity index is 307. The molecule has 1 radical (unpaired) electrons. The van der Waals surface area contributed by atoms with Crippen molar-refractivity contribution in [3.63, 3.8) is 0 Å². The molecule has 2 aliphatic rings. The van der Waals surface area contributed by atoms with E-state index < -0.39 is 11.6 Å². The molecule has 5 nitrogen and oxygen atoms in total. The molecule has 2 bridgehead atoms. The van der Waals surface area contributed by atoms with Crippen LogP contribution in [0.15, 0.2) is 0 Å². The maximum absolute atomic E-state index is 11.8. The Balaban J connectivity index is 2.03. The highest BCUT2D eigenvalue weighted by Gasteiger charge is 2.52. The van der Waals surface area contributed by atoms with Crippen LogP contribution in [0, 0.1) is 6.42 Å². The van der Waals surface area contributed by atoms with E-state index in [1.54, 1.807) is 0 Å². The molecule has 0 saturated carbocycles. The molecule has 2 heterocycles. The van der Waals surface area contributed by atoms with Gasteiger partial charge in [-0.15, -0.1) is 0 Å². The van der Waals surface area contributed by atoms with E-state index in [0.29, 0.717) is 19.1 Å². The van der Waals surface area contributed by atoms with Gasteiger partial charge in [0.25, 0.3) is 0 Å².